The molecule has 0 N–H and O–H groups in total. The summed E-state index contributed by atoms with van der Waals surface area (Å²) in [5, 5.41) is 0. The average Bonchev–Trinajstić information content (AvgIpc) is 2.62. The van der Waals surface area contributed by atoms with E-state index in [1.807, 2.05) is 6.92 Å². The molecule has 1 saturated carbocycles. The largest absolute Gasteiger partial charge is 0.353 e. The van der Waals surface area contributed by atoms with Gasteiger partial charge >= 0.3 is 0 Å². The Kier molecular flexibility index (Phi) is 7.83. The topological polar surface area (TPSA) is 18.5 Å². The summed E-state index contributed by atoms with van der Waals surface area (Å²) in [7, 11) is 0. The predicted molar refractivity (Wildman–Crippen MR) is 117 cm³/mol. The maximum atomic E-state index is 5.63. The SMILES string of the molecule is Cc1cc(CCC2CCC(C)CC2)cc(I)c1CCC1COC(C)OC1. The summed E-state index contributed by atoms with van der Waals surface area (Å²) in [6.45, 7) is 8.37. The van der Waals surface area contributed by atoms with Crippen molar-refractivity contribution in [2.45, 2.75) is 78.4 Å². The Morgan fingerprint density at radius 3 is 2.23 bits per heavy atom. The molecule has 0 unspecified atom stereocenters. The maximum absolute atomic E-state index is 5.63. The lowest BCUT2D eigenvalue weighted by atomic mass is 9.80. The molecular weight excluding hydrogens is 435 g/mol. The molecule has 1 aliphatic carbocycles. The van der Waals surface area contributed by atoms with Gasteiger partial charge in [-0.15, -0.1) is 0 Å². The molecule has 3 rings (SSSR count). The van der Waals surface area contributed by atoms with Crippen LogP contribution in [-0.4, -0.2) is 19.5 Å². The quantitative estimate of drug-likeness (QED) is 0.455. The van der Waals surface area contributed by atoms with E-state index in [1.54, 1.807) is 0 Å². The lowest BCUT2D eigenvalue weighted by molar-refractivity contribution is -0.190. The molecule has 2 fully saturated rings. The standard InChI is InChI=1S/C23H35IO2/c1-16-4-6-19(7-5-16)8-9-20-12-17(2)22(23(24)13-20)11-10-21-14-25-18(3)26-15-21/h12-13,16,18-19,21H,4-11,14-15H2,1-3H3. The smallest absolute Gasteiger partial charge is 0.154 e. The van der Waals surface area contributed by atoms with Gasteiger partial charge in [-0.1, -0.05) is 38.7 Å². The minimum atomic E-state index is -0.0280. The third-order valence-corrected chi connectivity index (χ3v) is 7.35. The highest BCUT2D eigenvalue weighted by atomic mass is 127. The van der Waals surface area contributed by atoms with E-state index in [2.05, 4.69) is 48.6 Å². The van der Waals surface area contributed by atoms with Gasteiger partial charge in [0.25, 0.3) is 0 Å². The molecule has 0 aromatic heterocycles. The van der Waals surface area contributed by atoms with Gasteiger partial charge < -0.3 is 9.47 Å². The molecule has 0 amide bonds. The van der Waals surface area contributed by atoms with E-state index in [-0.39, 0.29) is 6.29 Å². The number of hydrogen-bond donors (Lipinski definition) is 0. The summed E-state index contributed by atoms with van der Waals surface area (Å²) >= 11 is 2.54. The normalized spacial score (nSPS) is 29.7. The molecule has 1 aromatic rings. The molecule has 1 aliphatic heterocycles. The molecule has 0 radical (unpaired) electrons. The van der Waals surface area contributed by atoms with Crippen molar-refractivity contribution in [3.63, 3.8) is 0 Å². The molecular formula is C23H35IO2. The molecule has 146 valence electrons. The van der Waals surface area contributed by atoms with Gasteiger partial charge in [-0.25, -0.2) is 0 Å². The van der Waals surface area contributed by atoms with Gasteiger partial charge in [0.05, 0.1) is 13.2 Å². The number of aryl methyl sites for hydroxylation is 2. The van der Waals surface area contributed by atoms with Crippen LogP contribution in [0.5, 0.6) is 0 Å². The van der Waals surface area contributed by atoms with Gasteiger partial charge in [0.2, 0.25) is 0 Å². The summed E-state index contributed by atoms with van der Waals surface area (Å²) < 4.78 is 12.7. The van der Waals surface area contributed by atoms with Crippen LogP contribution in [0.1, 0.15) is 69.1 Å². The Morgan fingerprint density at radius 2 is 1.58 bits per heavy atom. The highest BCUT2D eigenvalue weighted by molar-refractivity contribution is 14.1. The van der Waals surface area contributed by atoms with Crippen LogP contribution in [0, 0.1) is 28.2 Å². The zero-order valence-electron chi connectivity index (χ0n) is 16.7. The van der Waals surface area contributed by atoms with Crippen molar-refractivity contribution in [2.24, 2.45) is 17.8 Å². The van der Waals surface area contributed by atoms with Crippen LogP contribution >= 0.6 is 22.6 Å². The second-order valence-electron chi connectivity index (χ2n) is 8.68. The van der Waals surface area contributed by atoms with E-state index < -0.39 is 0 Å². The average molecular weight is 470 g/mol. The van der Waals surface area contributed by atoms with E-state index in [9.17, 15) is 0 Å². The van der Waals surface area contributed by atoms with Crippen LogP contribution in [0.4, 0.5) is 0 Å². The van der Waals surface area contributed by atoms with Gasteiger partial charge in [0.15, 0.2) is 6.29 Å². The molecule has 1 heterocycles. The van der Waals surface area contributed by atoms with Crippen LogP contribution in [0.15, 0.2) is 12.1 Å². The van der Waals surface area contributed by atoms with Gasteiger partial charge in [0.1, 0.15) is 0 Å². The molecule has 0 atom stereocenters. The van der Waals surface area contributed by atoms with E-state index in [0.717, 1.165) is 37.9 Å². The van der Waals surface area contributed by atoms with Crippen molar-refractivity contribution >= 4 is 22.6 Å². The highest BCUT2D eigenvalue weighted by Crippen LogP contribution is 2.32. The van der Waals surface area contributed by atoms with Gasteiger partial charge in [0, 0.05) is 9.49 Å². The molecule has 3 heteroatoms. The van der Waals surface area contributed by atoms with E-state index >= 15 is 0 Å². The van der Waals surface area contributed by atoms with Crippen molar-refractivity contribution in [1.82, 2.24) is 0 Å². The Hall–Kier alpha value is -0.130. The molecule has 0 bridgehead atoms. The lowest BCUT2D eigenvalue weighted by Gasteiger charge is -2.27. The van der Waals surface area contributed by atoms with E-state index in [4.69, 9.17) is 9.47 Å². The minimum absolute atomic E-state index is 0.0280. The molecule has 1 saturated heterocycles. The Balaban J connectivity index is 1.51. The molecule has 26 heavy (non-hydrogen) atoms. The number of rotatable bonds is 6. The summed E-state index contributed by atoms with van der Waals surface area (Å²) in [5.41, 5.74) is 4.53. The highest BCUT2D eigenvalue weighted by Gasteiger charge is 2.20. The summed E-state index contributed by atoms with van der Waals surface area (Å²) in [6, 6.07) is 4.88. The van der Waals surface area contributed by atoms with Crippen LogP contribution in [-0.2, 0) is 22.3 Å². The van der Waals surface area contributed by atoms with Crippen molar-refractivity contribution in [1.29, 1.82) is 0 Å². The first-order valence-electron chi connectivity index (χ1n) is 10.5. The first-order valence-corrected chi connectivity index (χ1v) is 11.6. The number of benzene rings is 1. The van der Waals surface area contributed by atoms with E-state index in [1.165, 1.54) is 58.8 Å². The second kappa shape index (κ2) is 9.88. The first kappa shape index (κ1) is 20.6. The van der Waals surface area contributed by atoms with Crippen molar-refractivity contribution < 1.29 is 9.47 Å². The monoisotopic (exact) mass is 470 g/mol. The maximum Gasteiger partial charge on any atom is 0.154 e. The Labute approximate surface area is 173 Å². The van der Waals surface area contributed by atoms with Crippen molar-refractivity contribution in [3.05, 3.63) is 32.4 Å². The second-order valence-corrected chi connectivity index (χ2v) is 9.84. The fourth-order valence-corrected chi connectivity index (χ4v) is 5.54. The fourth-order valence-electron chi connectivity index (χ4n) is 4.45. The summed E-state index contributed by atoms with van der Waals surface area (Å²) in [4.78, 5) is 0. The summed E-state index contributed by atoms with van der Waals surface area (Å²) in [6.07, 6.45) is 10.6. The van der Waals surface area contributed by atoms with Crippen molar-refractivity contribution in [3.8, 4) is 0 Å². The zero-order valence-corrected chi connectivity index (χ0v) is 18.9. The van der Waals surface area contributed by atoms with Crippen LogP contribution in [0.3, 0.4) is 0 Å². The Bertz CT molecular complexity index is 547. The van der Waals surface area contributed by atoms with Crippen molar-refractivity contribution in [2.75, 3.05) is 13.2 Å². The molecule has 1 aromatic carbocycles. The lowest BCUT2D eigenvalue weighted by Crippen LogP contribution is -2.30. The molecule has 0 spiro atoms. The number of halogens is 1. The molecule has 2 aliphatic rings. The third-order valence-electron chi connectivity index (χ3n) is 6.39. The van der Waals surface area contributed by atoms with Gasteiger partial charge in [-0.05, 0) is 96.7 Å². The van der Waals surface area contributed by atoms with Gasteiger partial charge in [-0.2, -0.15) is 0 Å². The fraction of sp³-hybridized carbons (Fsp3) is 0.739. The van der Waals surface area contributed by atoms with Gasteiger partial charge in [-0.3, -0.25) is 0 Å². The predicted octanol–water partition coefficient (Wildman–Crippen LogP) is 6.30. The van der Waals surface area contributed by atoms with Crippen LogP contribution in [0.25, 0.3) is 0 Å². The number of ether oxygens (including phenoxy) is 2. The third kappa shape index (κ3) is 5.93. The minimum Gasteiger partial charge on any atom is -0.353 e. The first-order chi connectivity index (χ1) is 12.5. The van der Waals surface area contributed by atoms with E-state index in [0.29, 0.717) is 5.92 Å². The van der Waals surface area contributed by atoms with Crippen LogP contribution in [0.2, 0.25) is 0 Å². The zero-order chi connectivity index (χ0) is 18.5. The molecule has 2 nitrogen and oxygen atoms in total. The summed E-state index contributed by atoms with van der Waals surface area (Å²) in [5.74, 6) is 2.45. The Morgan fingerprint density at radius 1 is 0.923 bits per heavy atom. The number of hydrogen-bond acceptors (Lipinski definition) is 2. The van der Waals surface area contributed by atoms with Crippen LogP contribution < -0.4 is 0 Å².